The molecule has 5 atom stereocenters. The summed E-state index contributed by atoms with van der Waals surface area (Å²) in [6.07, 6.45) is -2.74. The highest BCUT2D eigenvalue weighted by Gasteiger charge is 2.37. The summed E-state index contributed by atoms with van der Waals surface area (Å²) < 4.78 is 46.9. The van der Waals surface area contributed by atoms with E-state index in [2.05, 4.69) is 15.5 Å². The number of ether oxygens (including phenoxy) is 1. The van der Waals surface area contributed by atoms with Crippen molar-refractivity contribution in [1.82, 2.24) is 20.4 Å². The van der Waals surface area contributed by atoms with E-state index >= 15 is 0 Å². The molecule has 0 aliphatic carbocycles. The number of piperidine rings is 1. The molecule has 2 amide bonds. The predicted molar refractivity (Wildman–Crippen MR) is 115 cm³/mol. The molecule has 10 heteroatoms. The zero-order valence-corrected chi connectivity index (χ0v) is 18.7. The smallest absolute Gasteiger partial charge is 0.244 e. The van der Waals surface area contributed by atoms with Gasteiger partial charge in [-0.2, -0.15) is 0 Å². The zero-order chi connectivity index (χ0) is 23.5. The molecule has 2 N–H and O–H groups in total. The van der Waals surface area contributed by atoms with Crippen LogP contribution in [0.2, 0.25) is 0 Å². The molecule has 0 bridgehead atoms. The number of hydrogen-bond donors (Lipinski definition) is 2. The average Bonchev–Trinajstić information content (AvgIpc) is 2.77. The lowest BCUT2D eigenvalue weighted by molar-refractivity contribution is -0.143. The molecule has 2 fully saturated rings. The standard InChI is InChI=1S/C23H31F3N4O3/c1-14(19-10-18(25)11-21(26)28-19)27-23(32)20(13-29-4-6-33-7-5-29)30-12-16-8-17(24)3-2-15(16)9-22(30)31/h2-3,8,14,18-21,28H,4-7,9-13H2,1H3,(H,27,32)/t14-,18?,19?,20+,21?/m1/s1. The lowest BCUT2D eigenvalue weighted by Crippen LogP contribution is -2.61. The molecule has 0 saturated carbocycles. The molecule has 3 aliphatic heterocycles. The molecule has 182 valence electrons. The first kappa shape index (κ1) is 24.0. The Labute approximate surface area is 191 Å². The molecule has 3 heterocycles. The molecule has 2 saturated heterocycles. The number of nitrogens with one attached hydrogen (secondary N) is 2. The van der Waals surface area contributed by atoms with Crippen molar-refractivity contribution >= 4 is 11.8 Å². The molecule has 33 heavy (non-hydrogen) atoms. The fraction of sp³-hybridized carbons (Fsp3) is 0.652. The van der Waals surface area contributed by atoms with Gasteiger partial charge in [0.2, 0.25) is 11.8 Å². The third kappa shape index (κ3) is 5.85. The minimum absolute atomic E-state index is 0.0926. The monoisotopic (exact) mass is 468 g/mol. The maximum absolute atomic E-state index is 13.9. The fourth-order valence-corrected chi connectivity index (χ4v) is 4.82. The summed E-state index contributed by atoms with van der Waals surface area (Å²) in [7, 11) is 0. The van der Waals surface area contributed by atoms with Crippen molar-refractivity contribution in [3.8, 4) is 0 Å². The Balaban J connectivity index is 1.51. The number of halogens is 3. The summed E-state index contributed by atoms with van der Waals surface area (Å²) in [5.41, 5.74) is 1.43. The van der Waals surface area contributed by atoms with Crippen LogP contribution in [0.1, 0.15) is 30.9 Å². The normalized spacial score (nSPS) is 28.2. The highest BCUT2D eigenvalue weighted by molar-refractivity contribution is 5.89. The lowest BCUT2D eigenvalue weighted by atomic mass is 9.95. The zero-order valence-electron chi connectivity index (χ0n) is 18.7. The summed E-state index contributed by atoms with van der Waals surface area (Å²) >= 11 is 0. The van der Waals surface area contributed by atoms with Crippen LogP contribution in [0.4, 0.5) is 13.2 Å². The molecule has 3 aliphatic rings. The van der Waals surface area contributed by atoms with Gasteiger partial charge >= 0.3 is 0 Å². The molecule has 3 unspecified atom stereocenters. The number of amides is 2. The first-order chi connectivity index (χ1) is 15.8. The Kier molecular flexibility index (Phi) is 7.55. The summed E-state index contributed by atoms with van der Waals surface area (Å²) in [5, 5.41) is 5.58. The van der Waals surface area contributed by atoms with Crippen molar-refractivity contribution < 1.29 is 27.5 Å². The highest BCUT2D eigenvalue weighted by Crippen LogP contribution is 2.24. The number of carbonyl (C=O) groups is 2. The largest absolute Gasteiger partial charge is 0.379 e. The SMILES string of the molecule is C[C@@H](NC(=O)[C@H](CN1CCOCC1)N1Cc2cc(F)ccc2CC1=O)C1CC(F)CC(F)N1. The lowest BCUT2D eigenvalue weighted by Gasteiger charge is -2.39. The quantitative estimate of drug-likeness (QED) is 0.616. The molecular weight excluding hydrogens is 437 g/mol. The van der Waals surface area contributed by atoms with Crippen LogP contribution in [0.3, 0.4) is 0 Å². The number of fused-ring (bicyclic) bond motifs is 1. The second-order valence-corrected chi connectivity index (χ2v) is 9.15. The Morgan fingerprint density at radius 2 is 2.00 bits per heavy atom. The van der Waals surface area contributed by atoms with Crippen LogP contribution in [-0.4, -0.2) is 85.1 Å². The second kappa shape index (κ2) is 10.4. The Bertz CT molecular complexity index is 857. The number of alkyl halides is 2. The van der Waals surface area contributed by atoms with E-state index in [0.717, 1.165) is 5.56 Å². The van der Waals surface area contributed by atoms with E-state index in [-0.39, 0.29) is 37.6 Å². The molecule has 0 aromatic heterocycles. The van der Waals surface area contributed by atoms with Gasteiger partial charge in [-0.3, -0.25) is 19.8 Å². The second-order valence-electron chi connectivity index (χ2n) is 9.15. The molecular formula is C23H31F3N4O3. The first-order valence-corrected chi connectivity index (χ1v) is 11.5. The van der Waals surface area contributed by atoms with E-state index in [1.807, 2.05) is 0 Å². The van der Waals surface area contributed by atoms with Gasteiger partial charge in [0.05, 0.1) is 19.6 Å². The number of rotatable bonds is 6. The molecule has 7 nitrogen and oxygen atoms in total. The summed E-state index contributed by atoms with van der Waals surface area (Å²) in [4.78, 5) is 30.0. The summed E-state index contributed by atoms with van der Waals surface area (Å²) in [6.45, 7) is 4.46. The van der Waals surface area contributed by atoms with Gasteiger partial charge in [-0.05, 0) is 36.6 Å². The van der Waals surface area contributed by atoms with Crippen LogP contribution >= 0.6 is 0 Å². The van der Waals surface area contributed by atoms with Crippen LogP contribution in [0.25, 0.3) is 0 Å². The van der Waals surface area contributed by atoms with Crippen molar-refractivity contribution in [2.45, 2.75) is 63.3 Å². The number of morpholine rings is 1. The van der Waals surface area contributed by atoms with Gasteiger partial charge in [-0.15, -0.1) is 0 Å². The van der Waals surface area contributed by atoms with Crippen molar-refractivity contribution in [3.63, 3.8) is 0 Å². The molecule has 0 spiro atoms. The van der Waals surface area contributed by atoms with E-state index in [1.54, 1.807) is 13.0 Å². The van der Waals surface area contributed by atoms with Gasteiger partial charge in [0, 0.05) is 44.7 Å². The van der Waals surface area contributed by atoms with Gasteiger partial charge in [0.15, 0.2) is 6.30 Å². The van der Waals surface area contributed by atoms with Gasteiger partial charge in [-0.25, -0.2) is 13.2 Å². The van der Waals surface area contributed by atoms with Crippen molar-refractivity contribution in [3.05, 3.63) is 35.1 Å². The summed E-state index contributed by atoms with van der Waals surface area (Å²) in [5.74, 6) is -0.991. The van der Waals surface area contributed by atoms with Gasteiger partial charge < -0.3 is 15.0 Å². The van der Waals surface area contributed by atoms with E-state index in [0.29, 0.717) is 38.4 Å². The van der Waals surface area contributed by atoms with E-state index < -0.39 is 36.4 Å². The molecule has 0 radical (unpaired) electrons. The van der Waals surface area contributed by atoms with Crippen molar-refractivity contribution in [2.24, 2.45) is 0 Å². The third-order valence-electron chi connectivity index (χ3n) is 6.73. The minimum Gasteiger partial charge on any atom is -0.379 e. The maximum atomic E-state index is 13.9. The van der Waals surface area contributed by atoms with Crippen LogP contribution < -0.4 is 10.6 Å². The average molecular weight is 469 g/mol. The van der Waals surface area contributed by atoms with Crippen LogP contribution in [0.5, 0.6) is 0 Å². The minimum atomic E-state index is -1.46. The van der Waals surface area contributed by atoms with Gasteiger partial charge in [-0.1, -0.05) is 6.07 Å². The predicted octanol–water partition coefficient (Wildman–Crippen LogP) is 1.30. The van der Waals surface area contributed by atoms with Gasteiger partial charge in [0.25, 0.3) is 0 Å². The van der Waals surface area contributed by atoms with E-state index in [9.17, 15) is 22.8 Å². The Hall–Kier alpha value is -2.17. The summed E-state index contributed by atoms with van der Waals surface area (Å²) in [6, 6.07) is 2.43. The Morgan fingerprint density at radius 3 is 2.73 bits per heavy atom. The molecule has 1 aromatic carbocycles. The van der Waals surface area contributed by atoms with E-state index in [1.165, 1.54) is 17.0 Å². The number of carbonyl (C=O) groups excluding carboxylic acids is 2. The third-order valence-corrected chi connectivity index (χ3v) is 6.73. The van der Waals surface area contributed by atoms with Crippen molar-refractivity contribution in [1.29, 1.82) is 0 Å². The maximum Gasteiger partial charge on any atom is 0.244 e. The van der Waals surface area contributed by atoms with E-state index in [4.69, 9.17) is 4.74 Å². The highest BCUT2D eigenvalue weighted by atomic mass is 19.1. The van der Waals surface area contributed by atoms with Crippen LogP contribution in [0.15, 0.2) is 18.2 Å². The van der Waals surface area contributed by atoms with Gasteiger partial charge in [0.1, 0.15) is 18.0 Å². The molecule has 1 aromatic rings. The fourth-order valence-electron chi connectivity index (χ4n) is 4.82. The van der Waals surface area contributed by atoms with Crippen molar-refractivity contribution in [2.75, 3.05) is 32.8 Å². The number of benzene rings is 1. The number of nitrogens with zero attached hydrogens (tertiary/aromatic N) is 2. The van der Waals surface area contributed by atoms with Crippen LogP contribution in [0, 0.1) is 5.82 Å². The topological polar surface area (TPSA) is 73.9 Å². The Morgan fingerprint density at radius 1 is 1.24 bits per heavy atom. The van der Waals surface area contributed by atoms with Crippen LogP contribution in [-0.2, 0) is 27.3 Å². The number of hydrogen-bond acceptors (Lipinski definition) is 5. The first-order valence-electron chi connectivity index (χ1n) is 11.5. The molecule has 4 rings (SSSR count).